The van der Waals surface area contributed by atoms with E-state index >= 15 is 0 Å². The highest BCUT2D eigenvalue weighted by Gasteiger charge is 2.08. The molecule has 2 aromatic rings. The maximum absolute atomic E-state index is 11.7. The first-order valence-corrected chi connectivity index (χ1v) is 9.03. The number of nitrogens with one attached hydrogen (secondary N) is 1. The van der Waals surface area contributed by atoms with E-state index in [1.165, 1.54) is 0 Å². The van der Waals surface area contributed by atoms with Gasteiger partial charge in [-0.3, -0.25) is 4.79 Å². The normalized spacial score (nSPS) is 10.0. The van der Waals surface area contributed by atoms with E-state index in [0.717, 1.165) is 10.6 Å². The highest BCUT2D eigenvalue weighted by Crippen LogP contribution is 2.17. The van der Waals surface area contributed by atoms with Crippen LogP contribution in [0.1, 0.15) is 0 Å². The number of amides is 1. The van der Waals surface area contributed by atoms with Crippen LogP contribution in [0, 0.1) is 0 Å². The van der Waals surface area contributed by atoms with Gasteiger partial charge in [-0.05, 0) is 36.4 Å². The Bertz CT molecular complexity index is 691. The minimum Gasteiger partial charge on any atom is -0.497 e. The second-order valence-electron chi connectivity index (χ2n) is 5.14. The van der Waals surface area contributed by atoms with Gasteiger partial charge in [-0.2, -0.15) is 0 Å². The van der Waals surface area contributed by atoms with Crippen LogP contribution in [-0.4, -0.2) is 44.5 Å². The maximum Gasteiger partial charge on any atom is 0.344 e. The van der Waals surface area contributed by atoms with Gasteiger partial charge in [0.25, 0.3) is 5.91 Å². The molecule has 26 heavy (non-hydrogen) atoms. The van der Waals surface area contributed by atoms with Gasteiger partial charge in [0.2, 0.25) is 0 Å². The lowest BCUT2D eigenvalue weighted by atomic mass is 10.3. The molecule has 0 aromatic heterocycles. The Kier molecular flexibility index (Phi) is 8.35. The number of methoxy groups -OCH3 is 1. The highest BCUT2D eigenvalue weighted by molar-refractivity contribution is 7.99. The molecule has 0 aliphatic carbocycles. The number of esters is 1. The van der Waals surface area contributed by atoms with Crippen molar-refractivity contribution in [2.75, 3.05) is 32.6 Å². The fourth-order valence-corrected chi connectivity index (χ4v) is 2.72. The number of carbonyl (C=O) groups is 2. The van der Waals surface area contributed by atoms with E-state index in [0.29, 0.717) is 18.0 Å². The van der Waals surface area contributed by atoms with Crippen molar-refractivity contribution in [3.8, 4) is 11.5 Å². The van der Waals surface area contributed by atoms with Gasteiger partial charge < -0.3 is 19.5 Å². The Morgan fingerprint density at radius 2 is 1.65 bits per heavy atom. The summed E-state index contributed by atoms with van der Waals surface area (Å²) in [6.45, 7) is -0.0808. The molecule has 6 nitrogen and oxygen atoms in total. The van der Waals surface area contributed by atoms with Crippen molar-refractivity contribution >= 4 is 23.6 Å². The van der Waals surface area contributed by atoms with E-state index in [1.807, 2.05) is 30.3 Å². The van der Waals surface area contributed by atoms with Crippen molar-refractivity contribution < 1.29 is 23.8 Å². The van der Waals surface area contributed by atoms with Gasteiger partial charge in [0, 0.05) is 17.2 Å². The monoisotopic (exact) mass is 375 g/mol. The molecule has 0 saturated carbocycles. The number of ether oxygens (including phenoxy) is 3. The zero-order valence-corrected chi connectivity index (χ0v) is 15.3. The molecule has 0 aliphatic rings. The fourth-order valence-electron chi connectivity index (χ4n) is 1.93. The predicted octanol–water partition coefficient (Wildman–Crippen LogP) is 2.53. The number of thioether (sulfide) groups is 1. The first-order chi connectivity index (χ1) is 12.7. The van der Waals surface area contributed by atoms with E-state index in [1.54, 1.807) is 43.1 Å². The summed E-state index contributed by atoms with van der Waals surface area (Å²) in [6.07, 6.45) is 0. The molecule has 1 amide bonds. The van der Waals surface area contributed by atoms with Gasteiger partial charge in [-0.25, -0.2) is 4.79 Å². The summed E-state index contributed by atoms with van der Waals surface area (Å²) in [5, 5.41) is 2.70. The van der Waals surface area contributed by atoms with Crippen molar-refractivity contribution in [2.45, 2.75) is 4.90 Å². The van der Waals surface area contributed by atoms with E-state index in [-0.39, 0.29) is 19.1 Å². The standard InChI is InChI=1S/C19H21NO5S/c1-23-15-7-9-16(10-8-15)24-14-19(22)25-13-18(21)20-11-12-26-17-5-3-2-4-6-17/h2-10H,11-14H2,1H3,(H,20,21). The van der Waals surface area contributed by atoms with Gasteiger partial charge in [0.1, 0.15) is 11.5 Å². The first kappa shape index (κ1) is 19.7. The Hall–Kier alpha value is -2.67. The Balaban J connectivity index is 1.55. The molecule has 138 valence electrons. The average molecular weight is 375 g/mol. The topological polar surface area (TPSA) is 73.9 Å². The SMILES string of the molecule is COc1ccc(OCC(=O)OCC(=O)NCCSc2ccccc2)cc1. The number of carbonyl (C=O) groups excluding carboxylic acids is 2. The van der Waals surface area contributed by atoms with Crippen LogP contribution in [0.5, 0.6) is 11.5 Å². The van der Waals surface area contributed by atoms with Gasteiger partial charge in [-0.1, -0.05) is 18.2 Å². The molecule has 2 aromatic carbocycles. The van der Waals surface area contributed by atoms with Crippen LogP contribution in [0.2, 0.25) is 0 Å². The van der Waals surface area contributed by atoms with Crippen molar-refractivity contribution in [3.05, 3.63) is 54.6 Å². The second-order valence-corrected chi connectivity index (χ2v) is 6.30. The molecule has 1 N–H and O–H groups in total. The van der Waals surface area contributed by atoms with Crippen molar-refractivity contribution in [2.24, 2.45) is 0 Å². The van der Waals surface area contributed by atoms with Crippen LogP contribution >= 0.6 is 11.8 Å². The number of rotatable bonds is 10. The van der Waals surface area contributed by atoms with E-state index in [2.05, 4.69) is 5.32 Å². The second kappa shape index (κ2) is 11.0. The zero-order valence-electron chi connectivity index (χ0n) is 14.5. The first-order valence-electron chi connectivity index (χ1n) is 8.04. The smallest absolute Gasteiger partial charge is 0.344 e. The summed E-state index contributed by atoms with van der Waals surface area (Å²) in [6, 6.07) is 16.7. The van der Waals surface area contributed by atoms with Crippen LogP contribution in [0.3, 0.4) is 0 Å². The van der Waals surface area contributed by atoms with Crippen LogP contribution in [0.15, 0.2) is 59.5 Å². The lowest BCUT2D eigenvalue weighted by Crippen LogP contribution is -2.31. The zero-order chi connectivity index (χ0) is 18.6. The molecule has 0 bridgehead atoms. The summed E-state index contributed by atoms with van der Waals surface area (Å²) in [4.78, 5) is 24.4. The minimum atomic E-state index is -0.602. The quantitative estimate of drug-likeness (QED) is 0.391. The highest BCUT2D eigenvalue weighted by atomic mass is 32.2. The van der Waals surface area contributed by atoms with Crippen LogP contribution in [0.4, 0.5) is 0 Å². The Labute approximate surface area is 156 Å². The number of hydrogen-bond acceptors (Lipinski definition) is 6. The summed E-state index contributed by atoms with van der Waals surface area (Å²) in [7, 11) is 1.57. The molecular weight excluding hydrogens is 354 g/mol. The minimum absolute atomic E-state index is 0.260. The fraction of sp³-hybridized carbons (Fsp3) is 0.263. The summed E-state index contributed by atoms with van der Waals surface area (Å²) < 4.78 is 15.2. The average Bonchev–Trinajstić information content (AvgIpc) is 2.69. The lowest BCUT2D eigenvalue weighted by Gasteiger charge is -2.08. The van der Waals surface area contributed by atoms with Crippen molar-refractivity contribution in [1.82, 2.24) is 5.32 Å². The summed E-state index contributed by atoms with van der Waals surface area (Å²) >= 11 is 1.64. The summed E-state index contributed by atoms with van der Waals surface area (Å²) in [5.74, 6) is 1.02. The Morgan fingerprint density at radius 1 is 0.962 bits per heavy atom. The lowest BCUT2D eigenvalue weighted by molar-refractivity contribution is -0.150. The van der Waals surface area contributed by atoms with E-state index in [9.17, 15) is 9.59 Å². The van der Waals surface area contributed by atoms with Gasteiger partial charge in [-0.15, -0.1) is 11.8 Å². The maximum atomic E-state index is 11.7. The third kappa shape index (κ3) is 7.48. The van der Waals surface area contributed by atoms with Crippen LogP contribution in [0.25, 0.3) is 0 Å². The van der Waals surface area contributed by atoms with E-state index < -0.39 is 5.97 Å². The number of benzene rings is 2. The number of hydrogen-bond donors (Lipinski definition) is 1. The molecule has 0 saturated heterocycles. The van der Waals surface area contributed by atoms with Gasteiger partial charge >= 0.3 is 5.97 Å². The molecular formula is C19H21NO5S. The third-order valence-corrected chi connectivity index (χ3v) is 4.23. The summed E-state index contributed by atoms with van der Waals surface area (Å²) in [5.41, 5.74) is 0. The van der Waals surface area contributed by atoms with Crippen molar-refractivity contribution in [1.29, 1.82) is 0 Å². The predicted molar refractivity (Wildman–Crippen MR) is 99.6 cm³/mol. The molecule has 0 atom stereocenters. The molecule has 0 unspecified atom stereocenters. The van der Waals surface area contributed by atoms with Crippen molar-refractivity contribution in [3.63, 3.8) is 0 Å². The third-order valence-electron chi connectivity index (χ3n) is 3.22. The van der Waals surface area contributed by atoms with E-state index in [4.69, 9.17) is 14.2 Å². The van der Waals surface area contributed by atoms with Crippen LogP contribution in [-0.2, 0) is 14.3 Å². The molecule has 0 aliphatic heterocycles. The molecule has 0 radical (unpaired) electrons. The molecule has 0 fully saturated rings. The van der Waals surface area contributed by atoms with Crippen LogP contribution < -0.4 is 14.8 Å². The molecule has 7 heteroatoms. The molecule has 2 rings (SSSR count). The molecule has 0 spiro atoms. The van der Waals surface area contributed by atoms with Gasteiger partial charge in [0.15, 0.2) is 13.2 Å². The van der Waals surface area contributed by atoms with Gasteiger partial charge in [0.05, 0.1) is 7.11 Å². The Morgan fingerprint density at radius 3 is 2.35 bits per heavy atom. The molecule has 0 heterocycles. The largest absolute Gasteiger partial charge is 0.497 e.